The predicted octanol–water partition coefficient (Wildman–Crippen LogP) is 4.75. The summed E-state index contributed by atoms with van der Waals surface area (Å²) in [6, 6.07) is 5.40. The summed E-state index contributed by atoms with van der Waals surface area (Å²) in [4.78, 5) is 46.2. The average molecular weight is 534 g/mol. The highest BCUT2D eigenvalue weighted by Crippen LogP contribution is 2.37. The van der Waals surface area contributed by atoms with Gasteiger partial charge < -0.3 is 18.9 Å². The lowest BCUT2D eigenvalue weighted by molar-refractivity contribution is -0.385. The maximum Gasteiger partial charge on any atom is 0.416 e. The first-order chi connectivity index (χ1) is 16.8. The molecule has 2 rings (SSSR count). The van der Waals surface area contributed by atoms with Crippen molar-refractivity contribution in [1.29, 1.82) is 0 Å². The van der Waals surface area contributed by atoms with E-state index in [1.54, 1.807) is 6.92 Å². The second kappa shape index (κ2) is 12.3. The van der Waals surface area contributed by atoms with Gasteiger partial charge in [0.05, 0.1) is 22.1 Å². The molecule has 0 N–H and O–H groups in total. The summed E-state index contributed by atoms with van der Waals surface area (Å²) in [6.07, 6.45) is -5.93. The minimum atomic E-state index is -4.63. The maximum atomic E-state index is 12.8. The van der Waals surface area contributed by atoms with E-state index in [0.717, 1.165) is 30.3 Å². The van der Waals surface area contributed by atoms with E-state index >= 15 is 0 Å². The van der Waals surface area contributed by atoms with E-state index in [2.05, 4.69) is 9.47 Å². The van der Waals surface area contributed by atoms with Crippen molar-refractivity contribution in [2.45, 2.75) is 26.1 Å². The van der Waals surface area contributed by atoms with Crippen molar-refractivity contribution in [1.82, 2.24) is 0 Å². The molecule has 0 bridgehead atoms. The van der Waals surface area contributed by atoms with Crippen LogP contribution < -0.4 is 4.74 Å². The molecule has 0 fully saturated rings. The summed E-state index contributed by atoms with van der Waals surface area (Å²) in [5.74, 6) is -2.98. The Morgan fingerprint density at radius 2 is 1.78 bits per heavy atom. The zero-order valence-corrected chi connectivity index (χ0v) is 19.6. The molecule has 1 atom stereocenters. The first-order valence-corrected chi connectivity index (χ1v) is 10.5. The molecule has 194 valence electrons. The Kier molecular flexibility index (Phi) is 9.76. The number of carbonyl (C=O) groups is 3. The highest BCUT2D eigenvalue weighted by molar-refractivity contribution is 6.32. The number of halogens is 4. The minimum absolute atomic E-state index is 0.0869. The van der Waals surface area contributed by atoms with Crippen molar-refractivity contribution in [2.75, 3.05) is 19.8 Å². The molecule has 10 nitrogen and oxygen atoms in total. The van der Waals surface area contributed by atoms with E-state index in [9.17, 15) is 37.7 Å². The fraction of sp³-hybridized carbons (Fsp3) is 0.318. The molecule has 0 heterocycles. The Bertz CT molecular complexity index is 1150. The zero-order valence-electron chi connectivity index (χ0n) is 18.8. The Hall–Kier alpha value is -3.71. The van der Waals surface area contributed by atoms with Crippen molar-refractivity contribution >= 4 is 35.0 Å². The number of ketones is 1. The predicted molar refractivity (Wildman–Crippen MR) is 117 cm³/mol. The van der Waals surface area contributed by atoms with Crippen LogP contribution in [0, 0.1) is 10.1 Å². The lowest BCUT2D eigenvalue weighted by Crippen LogP contribution is -2.28. The number of carbonyl (C=O) groups excluding carboxylic acids is 3. The number of esters is 2. The van der Waals surface area contributed by atoms with Crippen LogP contribution in [0.4, 0.5) is 18.9 Å². The molecular formula is C22H19ClF3NO9. The lowest BCUT2D eigenvalue weighted by Gasteiger charge is -2.13. The molecule has 2 aromatic rings. The van der Waals surface area contributed by atoms with Crippen LogP contribution in [0.25, 0.3) is 0 Å². The van der Waals surface area contributed by atoms with Gasteiger partial charge in [-0.1, -0.05) is 11.6 Å². The number of hydrogen-bond acceptors (Lipinski definition) is 9. The van der Waals surface area contributed by atoms with Crippen molar-refractivity contribution in [3.8, 4) is 11.5 Å². The normalized spacial score (nSPS) is 11.9. The average Bonchev–Trinajstić information content (AvgIpc) is 2.81. The maximum absolute atomic E-state index is 12.8. The second-order valence-corrected chi connectivity index (χ2v) is 7.38. The van der Waals surface area contributed by atoms with E-state index < -0.39 is 65.0 Å². The van der Waals surface area contributed by atoms with Gasteiger partial charge in [-0.05, 0) is 44.2 Å². The quantitative estimate of drug-likeness (QED) is 0.174. The van der Waals surface area contributed by atoms with Crippen LogP contribution in [0.2, 0.25) is 5.02 Å². The molecule has 0 spiro atoms. The standard InChI is InChI=1S/C22H19ClF3NO9/c1-3-33-20(29)11-35-21(30)12(2)34-10-18(28)15-9-14(5-6-17(15)27(31)32)36-19-7-4-13(8-16(19)23)22(24,25)26/h4-9,12H,3,10-11H2,1-2H3. The summed E-state index contributed by atoms with van der Waals surface area (Å²) in [6.45, 7) is 1.45. The van der Waals surface area contributed by atoms with Gasteiger partial charge in [-0.15, -0.1) is 0 Å². The molecule has 2 aromatic carbocycles. The third-order valence-corrected chi connectivity index (χ3v) is 4.68. The van der Waals surface area contributed by atoms with Gasteiger partial charge in [0, 0.05) is 6.07 Å². The van der Waals surface area contributed by atoms with E-state index in [0.29, 0.717) is 6.07 Å². The number of benzene rings is 2. The van der Waals surface area contributed by atoms with Crippen LogP contribution in [0.15, 0.2) is 36.4 Å². The van der Waals surface area contributed by atoms with Gasteiger partial charge in [-0.3, -0.25) is 14.9 Å². The van der Waals surface area contributed by atoms with Gasteiger partial charge in [-0.25, -0.2) is 9.59 Å². The second-order valence-electron chi connectivity index (χ2n) is 6.97. The molecule has 0 saturated carbocycles. The first-order valence-electron chi connectivity index (χ1n) is 10.1. The lowest BCUT2D eigenvalue weighted by atomic mass is 10.1. The van der Waals surface area contributed by atoms with Crippen LogP contribution >= 0.6 is 11.6 Å². The third-order valence-electron chi connectivity index (χ3n) is 4.39. The summed E-state index contributed by atoms with van der Waals surface area (Å²) < 4.78 is 58.2. The van der Waals surface area contributed by atoms with E-state index in [1.165, 1.54) is 6.92 Å². The Morgan fingerprint density at radius 1 is 1.08 bits per heavy atom. The fourth-order valence-corrected chi connectivity index (χ4v) is 2.86. The molecule has 0 saturated heterocycles. The van der Waals surface area contributed by atoms with Crippen LogP contribution in [0.5, 0.6) is 11.5 Å². The van der Waals surface area contributed by atoms with Gasteiger partial charge in [0.15, 0.2) is 18.5 Å². The number of rotatable bonds is 11. The third kappa shape index (κ3) is 7.92. The molecule has 0 radical (unpaired) electrons. The van der Waals surface area contributed by atoms with Crippen molar-refractivity contribution in [2.24, 2.45) is 0 Å². The number of nitro benzene ring substituents is 1. The van der Waals surface area contributed by atoms with Crippen LogP contribution in [0.3, 0.4) is 0 Å². The first kappa shape index (κ1) is 28.5. The highest BCUT2D eigenvalue weighted by Gasteiger charge is 2.31. The van der Waals surface area contributed by atoms with Gasteiger partial charge in [0.2, 0.25) is 0 Å². The van der Waals surface area contributed by atoms with Crippen molar-refractivity contribution in [3.63, 3.8) is 0 Å². The molecule has 0 aromatic heterocycles. The molecule has 0 amide bonds. The monoisotopic (exact) mass is 533 g/mol. The van der Waals surface area contributed by atoms with Crippen LogP contribution in [-0.2, 0) is 30.0 Å². The number of ether oxygens (including phenoxy) is 4. The Balaban J connectivity index is 2.14. The molecule has 36 heavy (non-hydrogen) atoms. The number of hydrogen-bond donors (Lipinski definition) is 0. The molecule has 14 heteroatoms. The molecule has 0 aliphatic rings. The highest BCUT2D eigenvalue weighted by atomic mass is 35.5. The van der Waals surface area contributed by atoms with Gasteiger partial charge in [-0.2, -0.15) is 13.2 Å². The number of nitro groups is 1. The van der Waals surface area contributed by atoms with Crippen LogP contribution in [0.1, 0.15) is 29.8 Å². The van der Waals surface area contributed by atoms with E-state index in [4.69, 9.17) is 21.1 Å². The molecular weight excluding hydrogens is 515 g/mol. The number of nitrogens with zero attached hydrogens (tertiary/aromatic N) is 1. The summed E-state index contributed by atoms with van der Waals surface area (Å²) in [5.41, 5.74) is -2.06. The fourth-order valence-electron chi connectivity index (χ4n) is 2.64. The van der Waals surface area contributed by atoms with Crippen LogP contribution in [-0.4, -0.2) is 48.6 Å². The van der Waals surface area contributed by atoms with E-state index in [-0.39, 0.29) is 23.1 Å². The molecule has 0 aliphatic carbocycles. The summed E-state index contributed by atoms with van der Waals surface area (Å²) >= 11 is 5.85. The zero-order chi connectivity index (χ0) is 27.0. The van der Waals surface area contributed by atoms with Gasteiger partial charge in [0.25, 0.3) is 5.69 Å². The topological polar surface area (TPSA) is 131 Å². The van der Waals surface area contributed by atoms with Crippen molar-refractivity contribution < 1.29 is 51.4 Å². The van der Waals surface area contributed by atoms with E-state index in [1.807, 2.05) is 0 Å². The summed E-state index contributed by atoms with van der Waals surface area (Å²) in [5, 5.41) is 11.0. The molecule has 1 unspecified atom stereocenters. The Morgan fingerprint density at radius 3 is 2.36 bits per heavy atom. The molecule has 0 aliphatic heterocycles. The SMILES string of the molecule is CCOC(=O)COC(=O)C(C)OCC(=O)c1cc(Oc2ccc(C(F)(F)F)cc2Cl)ccc1[N+](=O)[O-]. The number of Topliss-reactive ketones (excluding diaryl/α,β-unsaturated/α-hetero) is 1. The minimum Gasteiger partial charge on any atom is -0.463 e. The Labute approximate surface area is 207 Å². The number of alkyl halides is 3. The van der Waals surface area contributed by atoms with Crippen molar-refractivity contribution in [3.05, 3.63) is 62.7 Å². The summed E-state index contributed by atoms with van der Waals surface area (Å²) in [7, 11) is 0. The largest absolute Gasteiger partial charge is 0.463 e. The van der Waals surface area contributed by atoms with Gasteiger partial charge >= 0.3 is 18.1 Å². The van der Waals surface area contributed by atoms with Gasteiger partial charge in [0.1, 0.15) is 23.7 Å². The smallest absolute Gasteiger partial charge is 0.416 e.